The van der Waals surface area contributed by atoms with Gasteiger partial charge in [0.05, 0.1) is 31.6 Å². The van der Waals surface area contributed by atoms with E-state index >= 15 is 0 Å². The lowest BCUT2D eigenvalue weighted by atomic mass is 9.93. The first-order valence-corrected chi connectivity index (χ1v) is 6.77. The summed E-state index contributed by atoms with van der Waals surface area (Å²) in [6.45, 7) is 14.8. The van der Waals surface area contributed by atoms with Gasteiger partial charge in [0.1, 0.15) is 0 Å². The van der Waals surface area contributed by atoms with Gasteiger partial charge in [-0.15, -0.1) is 0 Å². The maximum atomic E-state index is 11.8. The molecule has 0 aromatic heterocycles. The highest BCUT2D eigenvalue weighted by Crippen LogP contribution is 2.32. The van der Waals surface area contributed by atoms with Crippen molar-refractivity contribution in [3.05, 3.63) is 0 Å². The maximum Gasteiger partial charge on any atom is 0.228 e. The fourth-order valence-corrected chi connectivity index (χ4v) is 3.19. The topological polar surface area (TPSA) is 29.1 Å². The van der Waals surface area contributed by atoms with E-state index in [-0.39, 0.29) is 11.8 Å². The number of nitrogens with one attached hydrogen (secondary N) is 1. The number of carbonyl (C=O) groups excluding carboxylic acids is 1. The second-order valence-corrected chi connectivity index (χ2v) is 7.04. The van der Waals surface area contributed by atoms with Crippen molar-refractivity contribution in [2.45, 2.75) is 47.1 Å². The van der Waals surface area contributed by atoms with Crippen LogP contribution >= 0.6 is 0 Å². The van der Waals surface area contributed by atoms with E-state index in [0.29, 0.717) is 11.5 Å². The molecule has 0 spiro atoms. The molecule has 3 heteroatoms. The zero-order chi connectivity index (χ0) is 13.3. The fourth-order valence-electron chi connectivity index (χ4n) is 3.19. The third kappa shape index (κ3) is 3.44. The van der Waals surface area contributed by atoms with E-state index < -0.39 is 0 Å². The molecule has 0 aromatic rings. The van der Waals surface area contributed by atoms with Gasteiger partial charge >= 0.3 is 0 Å². The summed E-state index contributed by atoms with van der Waals surface area (Å²) in [5.41, 5.74) is 0.321. The van der Waals surface area contributed by atoms with Gasteiger partial charge in [-0.05, 0) is 13.8 Å². The van der Waals surface area contributed by atoms with E-state index in [0.717, 1.165) is 30.5 Å². The van der Waals surface area contributed by atoms with Crippen molar-refractivity contribution >= 4 is 5.91 Å². The van der Waals surface area contributed by atoms with Gasteiger partial charge in [0.15, 0.2) is 0 Å². The highest BCUT2D eigenvalue weighted by molar-refractivity contribution is 5.78. The molecule has 1 fully saturated rings. The lowest BCUT2D eigenvalue weighted by Crippen LogP contribution is -2.55. The highest BCUT2D eigenvalue weighted by atomic mass is 16.1. The number of likely N-dealkylation sites (tertiary alicyclic amines) is 1. The zero-order valence-corrected chi connectivity index (χ0v) is 12.3. The summed E-state index contributed by atoms with van der Waals surface area (Å²) in [6, 6.07) is 0.601. The Labute approximate surface area is 106 Å². The first kappa shape index (κ1) is 14.5. The van der Waals surface area contributed by atoms with Crippen LogP contribution in [0.2, 0.25) is 0 Å². The van der Waals surface area contributed by atoms with Gasteiger partial charge in [-0.2, -0.15) is 0 Å². The Balaban J connectivity index is 2.80. The van der Waals surface area contributed by atoms with Gasteiger partial charge in [0, 0.05) is 18.9 Å². The number of quaternary nitrogens is 1. The van der Waals surface area contributed by atoms with Gasteiger partial charge in [0.2, 0.25) is 5.91 Å². The second kappa shape index (κ2) is 4.97. The quantitative estimate of drug-likeness (QED) is 0.753. The molecule has 2 atom stereocenters. The average molecular weight is 241 g/mol. The van der Waals surface area contributed by atoms with Crippen LogP contribution in [-0.2, 0) is 4.79 Å². The molecule has 1 aliphatic heterocycles. The van der Waals surface area contributed by atoms with Crippen LogP contribution < -0.4 is 5.32 Å². The van der Waals surface area contributed by atoms with Crippen molar-refractivity contribution in [1.82, 2.24) is 5.32 Å². The van der Waals surface area contributed by atoms with Crippen molar-refractivity contribution in [2.24, 2.45) is 11.3 Å². The summed E-state index contributed by atoms with van der Waals surface area (Å²) in [6.07, 6.45) is 1.04. The van der Waals surface area contributed by atoms with Crippen molar-refractivity contribution in [3.8, 4) is 0 Å². The molecule has 1 aliphatic rings. The number of hydrogen-bond donors (Lipinski definition) is 1. The van der Waals surface area contributed by atoms with Crippen LogP contribution in [0.1, 0.15) is 41.0 Å². The third-order valence-electron chi connectivity index (χ3n) is 4.01. The molecule has 0 radical (unpaired) electrons. The molecule has 0 aromatic carbocycles. The van der Waals surface area contributed by atoms with Crippen molar-refractivity contribution < 1.29 is 9.28 Å². The Morgan fingerprint density at radius 3 is 2.41 bits per heavy atom. The van der Waals surface area contributed by atoms with Gasteiger partial charge in [0.25, 0.3) is 0 Å². The van der Waals surface area contributed by atoms with E-state index in [1.807, 2.05) is 0 Å². The smallest absolute Gasteiger partial charge is 0.228 e. The van der Waals surface area contributed by atoms with Crippen LogP contribution in [0.3, 0.4) is 0 Å². The van der Waals surface area contributed by atoms with Crippen molar-refractivity contribution in [2.75, 3.05) is 26.7 Å². The Kier molecular flexibility index (Phi) is 4.23. The molecule has 1 amide bonds. The predicted molar refractivity (Wildman–Crippen MR) is 71.6 cm³/mol. The standard InChI is InChI=1S/C14H28N2O/c1-11(2)16(10-14(3,4)5)8-7-12(9-16)13(17)15-6/h11-12H,7-10H2,1-6H3/p+1. The molecule has 1 rings (SSSR count). The lowest BCUT2D eigenvalue weighted by Gasteiger charge is -2.43. The van der Waals surface area contributed by atoms with E-state index in [2.05, 4.69) is 39.9 Å². The van der Waals surface area contributed by atoms with Gasteiger partial charge in [-0.1, -0.05) is 20.8 Å². The van der Waals surface area contributed by atoms with E-state index in [1.54, 1.807) is 7.05 Å². The lowest BCUT2D eigenvalue weighted by molar-refractivity contribution is -0.942. The number of amides is 1. The van der Waals surface area contributed by atoms with Crippen LogP contribution in [0.5, 0.6) is 0 Å². The molecule has 3 nitrogen and oxygen atoms in total. The molecule has 1 saturated heterocycles. The summed E-state index contributed by atoms with van der Waals surface area (Å²) >= 11 is 0. The van der Waals surface area contributed by atoms with Crippen LogP contribution in [-0.4, -0.2) is 43.1 Å². The minimum Gasteiger partial charge on any atom is -0.359 e. The van der Waals surface area contributed by atoms with Gasteiger partial charge < -0.3 is 9.80 Å². The van der Waals surface area contributed by atoms with Crippen molar-refractivity contribution in [3.63, 3.8) is 0 Å². The maximum absolute atomic E-state index is 11.8. The Bertz CT molecular complexity index is 280. The SMILES string of the molecule is CNC(=O)C1CC[N+](CC(C)(C)C)(C(C)C)C1. The fraction of sp³-hybridized carbons (Fsp3) is 0.929. The normalized spacial score (nSPS) is 29.7. The summed E-state index contributed by atoms with van der Waals surface area (Å²) in [4.78, 5) is 11.8. The summed E-state index contributed by atoms with van der Waals surface area (Å²) in [5.74, 6) is 0.435. The molecular weight excluding hydrogens is 212 g/mol. The van der Waals surface area contributed by atoms with Crippen LogP contribution in [0.15, 0.2) is 0 Å². The Morgan fingerprint density at radius 2 is 2.00 bits per heavy atom. The van der Waals surface area contributed by atoms with E-state index in [9.17, 15) is 4.79 Å². The molecule has 2 unspecified atom stereocenters. The van der Waals surface area contributed by atoms with Crippen LogP contribution in [0, 0.1) is 11.3 Å². The van der Waals surface area contributed by atoms with Crippen molar-refractivity contribution in [1.29, 1.82) is 0 Å². The summed E-state index contributed by atoms with van der Waals surface area (Å²) in [7, 11) is 1.74. The molecule has 0 aliphatic carbocycles. The number of nitrogens with zero attached hydrogens (tertiary/aromatic N) is 1. The number of rotatable bonds is 3. The summed E-state index contributed by atoms with van der Waals surface area (Å²) in [5, 5.41) is 2.80. The first-order chi connectivity index (χ1) is 7.70. The highest BCUT2D eigenvalue weighted by Gasteiger charge is 2.45. The minimum atomic E-state index is 0.213. The Hall–Kier alpha value is -0.570. The van der Waals surface area contributed by atoms with Gasteiger partial charge in [-0.3, -0.25) is 4.79 Å². The molecule has 0 bridgehead atoms. The molecule has 1 N–H and O–H groups in total. The molecule has 100 valence electrons. The second-order valence-electron chi connectivity index (χ2n) is 7.04. The van der Waals surface area contributed by atoms with E-state index in [1.165, 1.54) is 0 Å². The van der Waals surface area contributed by atoms with Crippen LogP contribution in [0.25, 0.3) is 0 Å². The van der Waals surface area contributed by atoms with Crippen LogP contribution in [0.4, 0.5) is 0 Å². The molecule has 0 saturated carbocycles. The first-order valence-electron chi connectivity index (χ1n) is 6.77. The molecule has 1 heterocycles. The number of hydrogen-bond acceptors (Lipinski definition) is 1. The summed E-state index contributed by atoms with van der Waals surface area (Å²) < 4.78 is 1.10. The molecule has 17 heavy (non-hydrogen) atoms. The van der Waals surface area contributed by atoms with E-state index in [4.69, 9.17) is 0 Å². The monoisotopic (exact) mass is 241 g/mol. The average Bonchev–Trinajstić information content (AvgIpc) is 2.59. The number of carbonyl (C=O) groups is 1. The zero-order valence-electron chi connectivity index (χ0n) is 12.3. The Morgan fingerprint density at radius 1 is 1.41 bits per heavy atom. The largest absolute Gasteiger partial charge is 0.359 e. The van der Waals surface area contributed by atoms with Gasteiger partial charge in [-0.25, -0.2) is 0 Å². The molecular formula is C14H29N2O+. The predicted octanol–water partition coefficient (Wildman–Crippen LogP) is 2.02. The minimum absolute atomic E-state index is 0.213. The third-order valence-corrected chi connectivity index (χ3v) is 4.01.